The molecule has 1 heterocycles. The predicted molar refractivity (Wildman–Crippen MR) is 73.6 cm³/mol. The van der Waals surface area contributed by atoms with E-state index in [-0.39, 0.29) is 22.5 Å². The lowest BCUT2D eigenvalue weighted by atomic mass is 9.96. The summed E-state index contributed by atoms with van der Waals surface area (Å²) in [6.45, 7) is 2.67. The second-order valence-corrected chi connectivity index (χ2v) is 6.98. The Morgan fingerprint density at radius 2 is 1.95 bits per heavy atom. The second kappa shape index (κ2) is 5.47. The Bertz CT molecular complexity index is 600. The molecule has 0 saturated carbocycles. The average molecular weight is 299 g/mol. The molecule has 1 aliphatic heterocycles. The fraction of sp³-hybridized carbons (Fsp3) is 0.500. The smallest absolute Gasteiger partial charge is 0.269 e. The van der Waals surface area contributed by atoms with Crippen molar-refractivity contribution in [1.82, 2.24) is 4.31 Å². The molecule has 2 atom stereocenters. The maximum atomic E-state index is 12.4. The number of nitrogens with two attached hydrogens (primary N) is 1. The molecule has 20 heavy (non-hydrogen) atoms. The summed E-state index contributed by atoms with van der Waals surface area (Å²) in [6, 6.07) is 4.95. The van der Waals surface area contributed by atoms with Gasteiger partial charge in [-0.3, -0.25) is 10.1 Å². The zero-order valence-electron chi connectivity index (χ0n) is 11.1. The Kier molecular flexibility index (Phi) is 4.07. The third-order valence-corrected chi connectivity index (χ3v) is 5.50. The molecule has 2 rings (SSSR count). The van der Waals surface area contributed by atoms with Crippen LogP contribution in [0.2, 0.25) is 0 Å². The molecular formula is C12H17N3O4S. The minimum atomic E-state index is -3.61. The molecule has 1 aromatic rings. The third-order valence-electron chi connectivity index (χ3n) is 3.62. The van der Waals surface area contributed by atoms with Crippen LogP contribution in [0.15, 0.2) is 29.2 Å². The van der Waals surface area contributed by atoms with E-state index in [0.29, 0.717) is 19.5 Å². The van der Waals surface area contributed by atoms with Gasteiger partial charge in [0.15, 0.2) is 0 Å². The molecular weight excluding hydrogens is 282 g/mol. The molecule has 0 aliphatic carbocycles. The molecule has 0 amide bonds. The van der Waals surface area contributed by atoms with E-state index in [1.54, 1.807) is 0 Å². The van der Waals surface area contributed by atoms with Crippen LogP contribution in [-0.2, 0) is 10.0 Å². The standard InChI is InChI=1S/C12H17N3O4S/c1-9-8-14(7-6-12(9)13)20(18,19)11-4-2-10(3-5-11)15(16)17/h2-5,9,12H,6-8,13H2,1H3/t9-,12+/m1/s1. The van der Waals surface area contributed by atoms with E-state index in [9.17, 15) is 18.5 Å². The van der Waals surface area contributed by atoms with Gasteiger partial charge in [0.25, 0.3) is 5.69 Å². The summed E-state index contributed by atoms with van der Waals surface area (Å²) in [7, 11) is -3.61. The summed E-state index contributed by atoms with van der Waals surface area (Å²) in [5, 5.41) is 10.6. The Morgan fingerprint density at radius 1 is 1.35 bits per heavy atom. The lowest BCUT2D eigenvalue weighted by molar-refractivity contribution is -0.384. The summed E-state index contributed by atoms with van der Waals surface area (Å²) in [4.78, 5) is 10.1. The summed E-state index contributed by atoms with van der Waals surface area (Å²) >= 11 is 0. The van der Waals surface area contributed by atoms with Gasteiger partial charge in [0, 0.05) is 31.3 Å². The average Bonchev–Trinajstić information content (AvgIpc) is 2.41. The molecule has 8 heteroatoms. The molecule has 0 bridgehead atoms. The van der Waals surface area contributed by atoms with Crippen LogP contribution in [0.3, 0.4) is 0 Å². The van der Waals surface area contributed by atoms with Crippen LogP contribution in [0.4, 0.5) is 5.69 Å². The molecule has 0 unspecified atom stereocenters. The minimum absolute atomic E-state index is 0.0123. The van der Waals surface area contributed by atoms with E-state index in [1.165, 1.54) is 28.6 Å². The van der Waals surface area contributed by atoms with Gasteiger partial charge < -0.3 is 5.73 Å². The first-order valence-electron chi connectivity index (χ1n) is 6.32. The number of hydrogen-bond donors (Lipinski definition) is 1. The van der Waals surface area contributed by atoms with Gasteiger partial charge in [-0.2, -0.15) is 4.31 Å². The van der Waals surface area contributed by atoms with Crippen LogP contribution in [0.1, 0.15) is 13.3 Å². The highest BCUT2D eigenvalue weighted by atomic mass is 32.2. The van der Waals surface area contributed by atoms with E-state index in [2.05, 4.69) is 0 Å². The number of rotatable bonds is 3. The molecule has 1 fully saturated rings. The van der Waals surface area contributed by atoms with E-state index in [1.807, 2.05) is 6.92 Å². The first kappa shape index (κ1) is 14.9. The van der Waals surface area contributed by atoms with E-state index in [0.717, 1.165) is 0 Å². The van der Waals surface area contributed by atoms with Crippen molar-refractivity contribution in [3.63, 3.8) is 0 Å². The molecule has 7 nitrogen and oxygen atoms in total. The Hall–Kier alpha value is -1.51. The van der Waals surface area contributed by atoms with Gasteiger partial charge >= 0.3 is 0 Å². The van der Waals surface area contributed by atoms with E-state index in [4.69, 9.17) is 5.73 Å². The first-order valence-corrected chi connectivity index (χ1v) is 7.76. The molecule has 0 spiro atoms. The normalized spacial score (nSPS) is 24.5. The van der Waals surface area contributed by atoms with Gasteiger partial charge in [0.1, 0.15) is 0 Å². The monoisotopic (exact) mass is 299 g/mol. The maximum absolute atomic E-state index is 12.4. The fourth-order valence-electron chi connectivity index (χ4n) is 2.23. The number of nitro benzene ring substituents is 1. The molecule has 110 valence electrons. The zero-order chi connectivity index (χ0) is 14.9. The quantitative estimate of drug-likeness (QED) is 0.660. The predicted octanol–water partition coefficient (Wildman–Crippen LogP) is 0.953. The van der Waals surface area contributed by atoms with E-state index < -0.39 is 14.9 Å². The van der Waals surface area contributed by atoms with Crippen molar-refractivity contribution >= 4 is 15.7 Å². The number of sulfonamides is 1. The lowest BCUT2D eigenvalue weighted by Gasteiger charge is -2.34. The third kappa shape index (κ3) is 2.82. The van der Waals surface area contributed by atoms with Crippen LogP contribution >= 0.6 is 0 Å². The molecule has 1 saturated heterocycles. The number of non-ortho nitro benzene ring substituents is 1. The van der Waals surface area contributed by atoms with Crippen molar-refractivity contribution in [2.24, 2.45) is 11.7 Å². The van der Waals surface area contributed by atoms with Crippen LogP contribution in [-0.4, -0.2) is 36.8 Å². The van der Waals surface area contributed by atoms with Crippen molar-refractivity contribution in [1.29, 1.82) is 0 Å². The summed E-state index contributed by atoms with van der Waals surface area (Å²) < 4.78 is 26.3. The number of nitro groups is 1. The highest BCUT2D eigenvalue weighted by Gasteiger charge is 2.32. The fourth-order valence-corrected chi connectivity index (χ4v) is 3.79. The topological polar surface area (TPSA) is 107 Å². The Balaban J connectivity index is 2.24. The van der Waals surface area contributed by atoms with Crippen LogP contribution < -0.4 is 5.73 Å². The minimum Gasteiger partial charge on any atom is -0.327 e. The zero-order valence-corrected chi connectivity index (χ0v) is 11.9. The summed E-state index contributed by atoms with van der Waals surface area (Å²) in [5.41, 5.74) is 5.75. The van der Waals surface area contributed by atoms with Crippen molar-refractivity contribution in [2.75, 3.05) is 13.1 Å². The SMILES string of the molecule is C[C@@H]1CN(S(=O)(=O)c2ccc([N+](=O)[O-])cc2)CC[C@@H]1N. The summed E-state index contributed by atoms with van der Waals surface area (Å²) in [6.07, 6.45) is 0.618. The van der Waals surface area contributed by atoms with Crippen molar-refractivity contribution in [3.05, 3.63) is 34.4 Å². The first-order chi connectivity index (χ1) is 9.32. The van der Waals surface area contributed by atoms with Crippen LogP contribution in [0, 0.1) is 16.0 Å². The van der Waals surface area contributed by atoms with Crippen molar-refractivity contribution in [3.8, 4) is 0 Å². The van der Waals surface area contributed by atoms with Crippen LogP contribution in [0.5, 0.6) is 0 Å². The van der Waals surface area contributed by atoms with Crippen molar-refractivity contribution in [2.45, 2.75) is 24.3 Å². The second-order valence-electron chi connectivity index (χ2n) is 5.04. The molecule has 1 aromatic carbocycles. The van der Waals surface area contributed by atoms with Gasteiger partial charge in [0.2, 0.25) is 10.0 Å². The van der Waals surface area contributed by atoms with Gasteiger partial charge in [0.05, 0.1) is 9.82 Å². The maximum Gasteiger partial charge on any atom is 0.269 e. The summed E-state index contributed by atoms with van der Waals surface area (Å²) in [5.74, 6) is 0.0940. The molecule has 0 radical (unpaired) electrons. The van der Waals surface area contributed by atoms with Gasteiger partial charge in [-0.25, -0.2) is 8.42 Å². The molecule has 2 N–H and O–H groups in total. The van der Waals surface area contributed by atoms with E-state index >= 15 is 0 Å². The molecule has 1 aliphatic rings. The lowest BCUT2D eigenvalue weighted by Crippen LogP contribution is -2.48. The van der Waals surface area contributed by atoms with Gasteiger partial charge in [-0.1, -0.05) is 6.92 Å². The largest absolute Gasteiger partial charge is 0.327 e. The number of hydrogen-bond acceptors (Lipinski definition) is 5. The molecule has 0 aromatic heterocycles. The number of nitrogens with zero attached hydrogens (tertiary/aromatic N) is 2. The van der Waals surface area contributed by atoms with Crippen LogP contribution in [0.25, 0.3) is 0 Å². The van der Waals surface area contributed by atoms with Crippen molar-refractivity contribution < 1.29 is 13.3 Å². The highest BCUT2D eigenvalue weighted by Crippen LogP contribution is 2.24. The Morgan fingerprint density at radius 3 is 2.45 bits per heavy atom. The van der Waals surface area contributed by atoms with Gasteiger partial charge in [-0.05, 0) is 24.5 Å². The Labute approximate surface area is 117 Å². The number of benzene rings is 1. The highest BCUT2D eigenvalue weighted by molar-refractivity contribution is 7.89. The number of piperidine rings is 1. The van der Waals surface area contributed by atoms with Gasteiger partial charge in [-0.15, -0.1) is 0 Å².